The first-order valence-corrected chi connectivity index (χ1v) is 10.5. The number of benzene rings is 1. The fourth-order valence-corrected chi connectivity index (χ4v) is 4.64. The molecular formula is C23H24F2N2O6. The number of rotatable bonds is 6. The van der Waals surface area contributed by atoms with Crippen LogP contribution in [0.15, 0.2) is 29.2 Å². The third-order valence-electron chi connectivity index (χ3n) is 6.51. The number of ketones is 1. The number of aromatic hydroxyl groups is 1. The van der Waals surface area contributed by atoms with E-state index in [0.717, 1.165) is 6.07 Å². The van der Waals surface area contributed by atoms with Crippen LogP contribution in [0.25, 0.3) is 0 Å². The fourth-order valence-electron chi connectivity index (χ4n) is 4.64. The molecule has 3 atom stereocenters. The van der Waals surface area contributed by atoms with Gasteiger partial charge in [-0.2, -0.15) is 0 Å². The molecule has 1 amide bonds. The molecule has 1 aromatic heterocycles. The van der Waals surface area contributed by atoms with E-state index in [9.17, 15) is 28.3 Å². The standard InChI is InChI=1S/C23H24F2N2O6/c1-23(6-8-32-2)20(30)17-19(29)18(28)14(11-27(17)16-5-7-33-21(16)23)22(31)26-10-12-3-4-13(24)9-15(12)25/h3-4,9,11,16,21,29H,5-8,10H2,1-2H3,(H,26,31)/t16-,21?,23-/m0/s1. The number of ether oxygens (including phenoxy) is 2. The Morgan fingerprint density at radius 3 is 2.82 bits per heavy atom. The van der Waals surface area contributed by atoms with Crippen LogP contribution in [0.4, 0.5) is 8.78 Å². The summed E-state index contributed by atoms with van der Waals surface area (Å²) in [7, 11) is 1.52. The lowest BCUT2D eigenvalue weighted by atomic mass is 9.70. The molecule has 2 aromatic rings. The van der Waals surface area contributed by atoms with Crippen LogP contribution in [0, 0.1) is 17.0 Å². The summed E-state index contributed by atoms with van der Waals surface area (Å²) in [5.74, 6) is -3.72. The molecule has 0 radical (unpaired) electrons. The number of Topliss-reactive ketones (excluding diaryl/α,β-unsaturated/α-hetero) is 1. The van der Waals surface area contributed by atoms with Crippen LogP contribution in [0.3, 0.4) is 0 Å². The Kier molecular flexibility index (Phi) is 6.06. The smallest absolute Gasteiger partial charge is 0.257 e. The van der Waals surface area contributed by atoms with Crippen LogP contribution in [0.2, 0.25) is 0 Å². The van der Waals surface area contributed by atoms with E-state index < -0.39 is 51.6 Å². The van der Waals surface area contributed by atoms with Gasteiger partial charge in [-0.15, -0.1) is 0 Å². The van der Waals surface area contributed by atoms with Gasteiger partial charge < -0.3 is 24.5 Å². The lowest BCUT2D eigenvalue weighted by Gasteiger charge is -2.42. The van der Waals surface area contributed by atoms with Crippen LogP contribution in [-0.2, 0) is 16.0 Å². The van der Waals surface area contributed by atoms with Crippen LogP contribution in [0.5, 0.6) is 5.75 Å². The molecule has 3 heterocycles. The first-order valence-electron chi connectivity index (χ1n) is 10.5. The summed E-state index contributed by atoms with van der Waals surface area (Å²) in [4.78, 5) is 38.9. The Hall–Kier alpha value is -3.11. The summed E-state index contributed by atoms with van der Waals surface area (Å²) < 4.78 is 39.4. The Morgan fingerprint density at radius 1 is 1.36 bits per heavy atom. The van der Waals surface area contributed by atoms with Gasteiger partial charge in [0, 0.05) is 44.7 Å². The predicted octanol–water partition coefficient (Wildman–Crippen LogP) is 2.33. The molecule has 1 fully saturated rings. The minimum atomic E-state index is -1.01. The summed E-state index contributed by atoms with van der Waals surface area (Å²) in [6.45, 7) is 2.10. The van der Waals surface area contributed by atoms with Gasteiger partial charge in [-0.1, -0.05) is 6.07 Å². The van der Waals surface area contributed by atoms with Crippen molar-refractivity contribution in [1.82, 2.24) is 9.88 Å². The van der Waals surface area contributed by atoms with Crippen molar-refractivity contribution >= 4 is 11.7 Å². The topological polar surface area (TPSA) is 107 Å². The van der Waals surface area contributed by atoms with E-state index in [1.165, 1.54) is 23.9 Å². The van der Waals surface area contributed by atoms with E-state index in [1.807, 2.05) is 0 Å². The highest BCUT2D eigenvalue weighted by Crippen LogP contribution is 2.48. The first kappa shape index (κ1) is 23.1. The molecule has 33 heavy (non-hydrogen) atoms. The summed E-state index contributed by atoms with van der Waals surface area (Å²) >= 11 is 0. The molecule has 1 unspecified atom stereocenters. The number of hydrogen-bond acceptors (Lipinski definition) is 6. The minimum absolute atomic E-state index is 0.0281. The average molecular weight is 462 g/mol. The van der Waals surface area contributed by atoms with Crippen molar-refractivity contribution in [3.05, 3.63) is 63.1 Å². The Bertz CT molecular complexity index is 1180. The highest BCUT2D eigenvalue weighted by atomic mass is 19.1. The van der Waals surface area contributed by atoms with Crippen molar-refractivity contribution in [2.24, 2.45) is 5.41 Å². The molecule has 2 N–H and O–H groups in total. The molecule has 2 aliphatic heterocycles. The maximum Gasteiger partial charge on any atom is 0.257 e. The molecule has 0 bridgehead atoms. The van der Waals surface area contributed by atoms with Crippen molar-refractivity contribution < 1.29 is 33.0 Å². The van der Waals surface area contributed by atoms with Crippen molar-refractivity contribution in [2.45, 2.75) is 38.5 Å². The zero-order valence-electron chi connectivity index (χ0n) is 18.2. The number of fused-ring (bicyclic) bond motifs is 3. The molecule has 2 aliphatic rings. The number of methoxy groups -OCH3 is 1. The van der Waals surface area contributed by atoms with Gasteiger partial charge in [0.2, 0.25) is 5.43 Å². The zero-order valence-corrected chi connectivity index (χ0v) is 18.2. The number of carbonyl (C=O) groups is 2. The summed E-state index contributed by atoms with van der Waals surface area (Å²) in [5.41, 5.74) is -2.53. The Morgan fingerprint density at radius 2 is 2.12 bits per heavy atom. The number of pyridine rings is 1. The maximum absolute atomic E-state index is 13.9. The summed E-state index contributed by atoms with van der Waals surface area (Å²) in [6.07, 6.45) is 1.59. The van der Waals surface area contributed by atoms with E-state index in [2.05, 4.69) is 5.32 Å². The van der Waals surface area contributed by atoms with Crippen LogP contribution >= 0.6 is 0 Å². The van der Waals surface area contributed by atoms with Gasteiger partial charge in [0.25, 0.3) is 5.91 Å². The SMILES string of the molecule is COCC[C@@]1(C)C(=O)c2c(O)c(=O)c(C(=O)NCc3ccc(F)cc3F)cn2[C@H]2CCOC21. The van der Waals surface area contributed by atoms with Gasteiger partial charge >= 0.3 is 0 Å². The number of nitrogens with zero attached hydrogens (tertiary/aromatic N) is 1. The average Bonchev–Trinajstić information content (AvgIpc) is 3.28. The van der Waals surface area contributed by atoms with Crippen molar-refractivity contribution in [3.63, 3.8) is 0 Å². The summed E-state index contributed by atoms with van der Waals surface area (Å²) in [6, 6.07) is 2.55. The number of hydrogen-bond donors (Lipinski definition) is 2. The van der Waals surface area contributed by atoms with Crippen molar-refractivity contribution in [2.75, 3.05) is 20.3 Å². The first-order chi connectivity index (χ1) is 15.7. The maximum atomic E-state index is 13.9. The van der Waals surface area contributed by atoms with Gasteiger partial charge in [-0.25, -0.2) is 8.78 Å². The van der Waals surface area contributed by atoms with E-state index in [1.54, 1.807) is 6.92 Å². The largest absolute Gasteiger partial charge is 0.503 e. The lowest BCUT2D eigenvalue weighted by Crippen LogP contribution is -2.50. The number of nitrogens with one attached hydrogen (secondary N) is 1. The van der Waals surface area contributed by atoms with E-state index >= 15 is 0 Å². The second-order valence-corrected chi connectivity index (χ2v) is 8.53. The fraction of sp³-hybridized carbons (Fsp3) is 0.435. The molecule has 0 spiro atoms. The van der Waals surface area contributed by atoms with Gasteiger partial charge in [0.15, 0.2) is 11.5 Å². The second kappa shape index (κ2) is 8.68. The van der Waals surface area contributed by atoms with Crippen molar-refractivity contribution in [1.29, 1.82) is 0 Å². The van der Waals surface area contributed by atoms with Gasteiger partial charge in [0.1, 0.15) is 22.9 Å². The number of halogens is 2. The molecule has 1 aromatic carbocycles. The zero-order chi connectivity index (χ0) is 23.9. The second-order valence-electron chi connectivity index (χ2n) is 8.53. The van der Waals surface area contributed by atoms with Gasteiger partial charge in [-0.05, 0) is 25.8 Å². The molecule has 10 heteroatoms. The molecule has 4 rings (SSSR count). The lowest BCUT2D eigenvalue weighted by molar-refractivity contribution is -0.0222. The van der Waals surface area contributed by atoms with Crippen molar-refractivity contribution in [3.8, 4) is 5.75 Å². The molecule has 8 nitrogen and oxygen atoms in total. The van der Waals surface area contributed by atoms with E-state index in [0.29, 0.717) is 32.1 Å². The number of aromatic nitrogens is 1. The quantitative estimate of drug-likeness (QED) is 0.683. The van der Waals surface area contributed by atoms with E-state index in [-0.39, 0.29) is 23.8 Å². The molecule has 1 saturated heterocycles. The van der Waals surface area contributed by atoms with Crippen LogP contribution in [-0.4, -0.2) is 47.8 Å². The van der Waals surface area contributed by atoms with Crippen LogP contribution in [0.1, 0.15) is 52.2 Å². The van der Waals surface area contributed by atoms with E-state index in [4.69, 9.17) is 9.47 Å². The minimum Gasteiger partial charge on any atom is -0.503 e. The summed E-state index contributed by atoms with van der Waals surface area (Å²) in [5, 5.41) is 13.1. The molecule has 0 aliphatic carbocycles. The normalized spacial score (nSPS) is 23.8. The molecular weight excluding hydrogens is 438 g/mol. The molecule has 0 saturated carbocycles. The predicted molar refractivity (Wildman–Crippen MR) is 112 cm³/mol. The van der Waals surface area contributed by atoms with Crippen LogP contribution < -0.4 is 10.7 Å². The Balaban J connectivity index is 1.69. The highest BCUT2D eigenvalue weighted by molar-refractivity contribution is 6.03. The third kappa shape index (κ3) is 3.83. The monoisotopic (exact) mass is 462 g/mol. The Labute approximate surface area is 188 Å². The van der Waals surface area contributed by atoms with Gasteiger partial charge in [0.05, 0.1) is 17.6 Å². The molecule has 176 valence electrons. The number of amides is 1. The highest BCUT2D eigenvalue weighted by Gasteiger charge is 2.54. The van der Waals surface area contributed by atoms with Gasteiger partial charge in [-0.3, -0.25) is 14.4 Å². The third-order valence-corrected chi connectivity index (χ3v) is 6.51. The number of carbonyl (C=O) groups excluding carboxylic acids is 2.